The minimum absolute atomic E-state index is 0.866. The number of benzene rings is 1. The van der Waals surface area contributed by atoms with E-state index in [1.807, 2.05) is 0 Å². The molecule has 0 bridgehead atoms. The summed E-state index contributed by atoms with van der Waals surface area (Å²) in [7, 11) is 0. The van der Waals surface area contributed by atoms with Crippen molar-refractivity contribution >= 4 is 15.9 Å². The highest BCUT2D eigenvalue weighted by Crippen LogP contribution is 2.28. The molecule has 1 aliphatic carbocycles. The predicted octanol–water partition coefficient (Wildman–Crippen LogP) is 5.42. The van der Waals surface area contributed by atoms with Gasteiger partial charge in [-0.25, -0.2) is 0 Å². The van der Waals surface area contributed by atoms with Gasteiger partial charge in [-0.1, -0.05) is 48.0 Å². The van der Waals surface area contributed by atoms with E-state index in [0.717, 1.165) is 18.3 Å². The van der Waals surface area contributed by atoms with Crippen molar-refractivity contribution in [2.45, 2.75) is 52.4 Å². The van der Waals surface area contributed by atoms with Crippen LogP contribution in [0.5, 0.6) is 5.75 Å². The van der Waals surface area contributed by atoms with Crippen LogP contribution in [-0.4, -0.2) is 6.61 Å². The van der Waals surface area contributed by atoms with Crippen LogP contribution in [0.25, 0.3) is 0 Å². The average molecular weight is 311 g/mol. The molecule has 1 aliphatic rings. The minimum atomic E-state index is 0.866. The SMILES string of the molecule is Cc1cc(OCCC2CCCCC2)cc(C)c1Br. The van der Waals surface area contributed by atoms with Gasteiger partial charge in [0, 0.05) is 4.47 Å². The van der Waals surface area contributed by atoms with Crippen LogP contribution >= 0.6 is 15.9 Å². The third-order valence-corrected chi connectivity index (χ3v) is 5.18. The van der Waals surface area contributed by atoms with Gasteiger partial charge >= 0.3 is 0 Å². The maximum Gasteiger partial charge on any atom is 0.119 e. The molecule has 0 spiro atoms. The fourth-order valence-corrected chi connectivity index (χ4v) is 3.04. The smallest absolute Gasteiger partial charge is 0.119 e. The van der Waals surface area contributed by atoms with Crippen LogP contribution < -0.4 is 4.74 Å². The first-order valence-corrected chi connectivity index (χ1v) is 7.85. The molecule has 1 saturated carbocycles. The number of hydrogen-bond donors (Lipinski definition) is 0. The highest BCUT2D eigenvalue weighted by molar-refractivity contribution is 9.10. The van der Waals surface area contributed by atoms with E-state index in [0.29, 0.717) is 0 Å². The molecule has 1 nitrogen and oxygen atoms in total. The molecule has 0 aromatic heterocycles. The fourth-order valence-electron chi connectivity index (χ4n) is 2.81. The molecule has 1 fully saturated rings. The van der Waals surface area contributed by atoms with Crippen molar-refractivity contribution in [2.24, 2.45) is 5.92 Å². The fraction of sp³-hybridized carbons (Fsp3) is 0.625. The molecule has 1 aromatic carbocycles. The number of halogens is 1. The van der Waals surface area contributed by atoms with Gasteiger partial charge in [-0.3, -0.25) is 0 Å². The van der Waals surface area contributed by atoms with Crippen LogP contribution in [0.15, 0.2) is 16.6 Å². The Kier molecular flexibility index (Phi) is 5.11. The lowest BCUT2D eigenvalue weighted by Crippen LogP contribution is -2.10. The summed E-state index contributed by atoms with van der Waals surface area (Å²) < 4.78 is 7.10. The van der Waals surface area contributed by atoms with E-state index in [-0.39, 0.29) is 0 Å². The van der Waals surface area contributed by atoms with E-state index in [1.54, 1.807) is 0 Å². The summed E-state index contributed by atoms with van der Waals surface area (Å²) in [6, 6.07) is 4.25. The van der Waals surface area contributed by atoms with Crippen molar-refractivity contribution in [3.05, 3.63) is 27.7 Å². The molecule has 0 saturated heterocycles. The van der Waals surface area contributed by atoms with Gasteiger partial charge in [0.2, 0.25) is 0 Å². The molecule has 0 radical (unpaired) electrons. The van der Waals surface area contributed by atoms with Crippen LogP contribution in [0.2, 0.25) is 0 Å². The monoisotopic (exact) mass is 310 g/mol. The van der Waals surface area contributed by atoms with Crippen molar-refractivity contribution in [1.82, 2.24) is 0 Å². The number of ether oxygens (including phenoxy) is 1. The van der Waals surface area contributed by atoms with Crippen molar-refractivity contribution < 1.29 is 4.74 Å². The van der Waals surface area contributed by atoms with Gasteiger partial charge in [0.1, 0.15) is 5.75 Å². The lowest BCUT2D eigenvalue weighted by Gasteiger charge is -2.21. The summed E-state index contributed by atoms with van der Waals surface area (Å²) in [5, 5.41) is 0. The first-order chi connectivity index (χ1) is 8.66. The Morgan fingerprint density at radius 1 is 1.11 bits per heavy atom. The second-order valence-corrected chi connectivity index (χ2v) is 6.31. The molecule has 0 aliphatic heterocycles. The van der Waals surface area contributed by atoms with Crippen molar-refractivity contribution in [1.29, 1.82) is 0 Å². The van der Waals surface area contributed by atoms with Gasteiger partial charge in [0.05, 0.1) is 6.61 Å². The van der Waals surface area contributed by atoms with Crippen molar-refractivity contribution in [3.63, 3.8) is 0 Å². The number of rotatable bonds is 4. The summed E-state index contributed by atoms with van der Waals surface area (Å²) in [4.78, 5) is 0. The molecule has 2 heteroatoms. The molecular weight excluding hydrogens is 288 g/mol. The maximum absolute atomic E-state index is 5.90. The Labute approximate surface area is 119 Å². The molecule has 2 rings (SSSR count). The molecule has 0 heterocycles. The summed E-state index contributed by atoms with van der Waals surface area (Å²) in [5.74, 6) is 1.92. The maximum atomic E-state index is 5.90. The van der Waals surface area contributed by atoms with E-state index >= 15 is 0 Å². The van der Waals surface area contributed by atoms with Gasteiger partial charge in [-0.15, -0.1) is 0 Å². The Morgan fingerprint density at radius 3 is 2.33 bits per heavy atom. The van der Waals surface area contributed by atoms with E-state index in [4.69, 9.17) is 4.74 Å². The Hall–Kier alpha value is -0.500. The molecule has 0 N–H and O–H groups in total. The zero-order valence-electron chi connectivity index (χ0n) is 11.5. The van der Waals surface area contributed by atoms with Crippen LogP contribution in [0, 0.1) is 19.8 Å². The van der Waals surface area contributed by atoms with E-state index in [1.165, 1.54) is 54.1 Å². The van der Waals surface area contributed by atoms with Gasteiger partial charge in [0.25, 0.3) is 0 Å². The van der Waals surface area contributed by atoms with E-state index in [2.05, 4.69) is 41.9 Å². The quantitative estimate of drug-likeness (QED) is 0.722. The lowest BCUT2D eigenvalue weighted by molar-refractivity contribution is 0.246. The van der Waals surface area contributed by atoms with Gasteiger partial charge in [0.15, 0.2) is 0 Å². The van der Waals surface area contributed by atoms with Crippen molar-refractivity contribution in [3.8, 4) is 5.75 Å². The molecule has 0 unspecified atom stereocenters. The molecule has 0 atom stereocenters. The summed E-state index contributed by atoms with van der Waals surface area (Å²) >= 11 is 3.59. The highest BCUT2D eigenvalue weighted by Gasteiger charge is 2.13. The average Bonchev–Trinajstić information content (AvgIpc) is 2.37. The minimum Gasteiger partial charge on any atom is -0.494 e. The predicted molar refractivity (Wildman–Crippen MR) is 80.3 cm³/mol. The molecule has 18 heavy (non-hydrogen) atoms. The largest absolute Gasteiger partial charge is 0.494 e. The lowest BCUT2D eigenvalue weighted by atomic mass is 9.87. The van der Waals surface area contributed by atoms with E-state index in [9.17, 15) is 0 Å². The van der Waals surface area contributed by atoms with Gasteiger partial charge < -0.3 is 4.74 Å². The normalized spacial score (nSPS) is 16.8. The molecular formula is C16H23BrO. The summed E-state index contributed by atoms with van der Waals surface area (Å²) in [5.41, 5.74) is 2.50. The van der Waals surface area contributed by atoms with Gasteiger partial charge in [-0.05, 0) is 49.4 Å². The molecule has 0 amide bonds. The van der Waals surface area contributed by atoms with Crippen molar-refractivity contribution in [2.75, 3.05) is 6.61 Å². The Balaban J connectivity index is 1.82. The van der Waals surface area contributed by atoms with Gasteiger partial charge in [-0.2, -0.15) is 0 Å². The second-order valence-electron chi connectivity index (χ2n) is 5.51. The van der Waals surface area contributed by atoms with Crippen LogP contribution in [0.1, 0.15) is 49.7 Å². The van der Waals surface area contributed by atoms with Crippen LogP contribution in [0.3, 0.4) is 0 Å². The third-order valence-electron chi connectivity index (χ3n) is 3.93. The first kappa shape index (κ1) is 13.9. The number of hydrogen-bond acceptors (Lipinski definition) is 1. The van der Waals surface area contributed by atoms with Crippen LogP contribution in [-0.2, 0) is 0 Å². The first-order valence-electron chi connectivity index (χ1n) is 7.06. The standard InChI is InChI=1S/C16H23BrO/c1-12-10-15(11-13(2)16(12)17)18-9-8-14-6-4-3-5-7-14/h10-11,14H,3-9H2,1-2H3. The summed E-state index contributed by atoms with van der Waals surface area (Å²) in [6.45, 7) is 5.10. The topological polar surface area (TPSA) is 9.23 Å². The second kappa shape index (κ2) is 6.60. The zero-order chi connectivity index (χ0) is 13.0. The summed E-state index contributed by atoms with van der Waals surface area (Å²) in [6.07, 6.45) is 8.29. The van der Waals surface area contributed by atoms with E-state index < -0.39 is 0 Å². The number of aryl methyl sites for hydroxylation is 2. The molecule has 1 aromatic rings. The zero-order valence-corrected chi connectivity index (χ0v) is 13.1. The third kappa shape index (κ3) is 3.74. The Morgan fingerprint density at radius 2 is 1.72 bits per heavy atom. The van der Waals surface area contributed by atoms with Crippen LogP contribution in [0.4, 0.5) is 0 Å². The molecule has 100 valence electrons. The Bertz CT molecular complexity index is 371. The highest BCUT2D eigenvalue weighted by atomic mass is 79.9.